The van der Waals surface area contributed by atoms with Gasteiger partial charge in [-0.2, -0.15) is 0 Å². The molecule has 1 unspecified atom stereocenters. The molecule has 2 heteroatoms. The van der Waals surface area contributed by atoms with Gasteiger partial charge in [-0.25, -0.2) is 0 Å². The topological polar surface area (TPSA) is 43.1 Å². The third-order valence-electron chi connectivity index (χ3n) is 2.60. The predicted molar refractivity (Wildman–Crippen MR) is 65.7 cm³/mol. The molecule has 0 aromatic rings. The maximum absolute atomic E-state index is 11.6. The summed E-state index contributed by atoms with van der Waals surface area (Å²) >= 11 is 0. The van der Waals surface area contributed by atoms with Crippen molar-refractivity contribution in [1.82, 2.24) is 0 Å². The molecule has 0 radical (unpaired) electrons. The van der Waals surface area contributed by atoms with E-state index in [4.69, 9.17) is 5.73 Å². The van der Waals surface area contributed by atoms with Gasteiger partial charge in [0.25, 0.3) is 0 Å². The van der Waals surface area contributed by atoms with Gasteiger partial charge in [-0.15, -0.1) is 0 Å². The van der Waals surface area contributed by atoms with Crippen LogP contribution in [0, 0.1) is 11.8 Å². The lowest BCUT2D eigenvalue weighted by Crippen LogP contribution is -2.20. The minimum atomic E-state index is 0.290. The highest BCUT2D eigenvalue weighted by atomic mass is 16.1. The predicted octanol–water partition coefficient (Wildman–Crippen LogP) is 2.92. The van der Waals surface area contributed by atoms with Gasteiger partial charge in [-0.3, -0.25) is 4.79 Å². The summed E-state index contributed by atoms with van der Waals surface area (Å²) in [5.74, 6) is 1.25. The zero-order valence-electron chi connectivity index (χ0n) is 10.4. The maximum Gasteiger partial charge on any atom is 0.137 e. The summed E-state index contributed by atoms with van der Waals surface area (Å²) in [5, 5.41) is 0. The first kappa shape index (κ1) is 14.4. The van der Waals surface area contributed by atoms with Crippen LogP contribution in [0.15, 0.2) is 12.2 Å². The van der Waals surface area contributed by atoms with Gasteiger partial charge >= 0.3 is 0 Å². The van der Waals surface area contributed by atoms with E-state index in [0.717, 1.165) is 18.4 Å². The van der Waals surface area contributed by atoms with Crippen LogP contribution in [0.1, 0.15) is 46.5 Å². The highest BCUT2D eigenvalue weighted by molar-refractivity contribution is 5.80. The summed E-state index contributed by atoms with van der Waals surface area (Å²) < 4.78 is 0. The Balaban J connectivity index is 3.95. The van der Waals surface area contributed by atoms with E-state index in [9.17, 15) is 4.79 Å². The van der Waals surface area contributed by atoms with Crippen molar-refractivity contribution < 1.29 is 4.79 Å². The Morgan fingerprint density at radius 2 is 2.00 bits per heavy atom. The molecule has 0 fully saturated rings. The molecule has 0 spiro atoms. The average Bonchev–Trinajstić information content (AvgIpc) is 2.15. The molecule has 15 heavy (non-hydrogen) atoms. The second kappa shape index (κ2) is 7.63. The maximum atomic E-state index is 11.6. The van der Waals surface area contributed by atoms with Gasteiger partial charge in [0.05, 0.1) is 0 Å². The summed E-state index contributed by atoms with van der Waals surface area (Å²) in [4.78, 5) is 11.6. The van der Waals surface area contributed by atoms with Crippen LogP contribution in [0.2, 0.25) is 0 Å². The first-order chi connectivity index (χ1) is 6.99. The molecule has 2 nitrogen and oxygen atoms in total. The minimum absolute atomic E-state index is 0.290. The third-order valence-corrected chi connectivity index (χ3v) is 2.60. The summed E-state index contributed by atoms with van der Waals surface area (Å²) in [6.45, 7) is 10.8. The number of hydrogen-bond donors (Lipinski definition) is 1. The molecule has 1 atom stereocenters. The van der Waals surface area contributed by atoms with E-state index in [0.29, 0.717) is 31.2 Å². The van der Waals surface area contributed by atoms with Gasteiger partial charge in [0, 0.05) is 12.8 Å². The van der Waals surface area contributed by atoms with Gasteiger partial charge in [0.2, 0.25) is 0 Å². The van der Waals surface area contributed by atoms with E-state index in [2.05, 4.69) is 20.4 Å². The molecule has 2 N–H and O–H groups in total. The smallest absolute Gasteiger partial charge is 0.137 e. The van der Waals surface area contributed by atoms with E-state index < -0.39 is 0 Å². The molecule has 0 rings (SSSR count). The van der Waals surface area contributed by atoms with Crippen LogP contribution in [-0.4, -0.2) is 12.3 Å². The molecule has 0 saturated heterocycles. The molecular weight excluding hydrogens is 186 g/mol. The van der Waals surface area contributed by atoms with Crippen molar-refractivity contribution in [2.24, 2.45) is 17.6 Å². The number of ketones is 1. The van der Waals surface area contributed by atoms with Crippen molar-refractivity contribution in [3.8, 4) is 0 Å². The van der Waals surface area contributed by atoms with Crippen LogP contribution in [0.4, 0.5) is 0 Å². The Morgan fingerprint density at radius 1 is 1.40 bits per heavy atom. The Bertz CT molecular complexity index is 209. The van der Waals surface area contributed by atoms with Crippen molar-refractivity contribution in [2.75, 3.05) is 6.54 Å². The number of allylic oxidation sites excluding steroid dienone is 1. The summed E-state index contributed by atoms with van der Waals surface area (Å²) in [7, 11) is 0. The molecule has 0 bridgehead atoms. The number of carbonyl (C=O) groups is 1. The molecular formula is C13H25NO. The quantitative estimate of drug-likeness (QED) is 0.627. The molecule has 0 aromatic carbocycles. The Labute approximate surface area is 93.9 Å². The second-order valence-electron chi connectivity index (χ2n) is 4.75. The number of Topliss-reactive ketones (excluding diaryl/α,β-unsaturated/α-hetero) is 1. The Hall–Kier alpha value is -0.630. The fourth-order valence-corrected chi connectivity index (χ4v) is 1.73. The molecule has 0 amide bonds. The molecule has 0 saturated carbocycles. The summed E-state index contributed by atoms with van der Waals surface area (Å²) in [6, 6.07) is 0. The highest BCUT2D eigenvalue weighted by Crippen LogP contribution is 2.17. The van der Waals surface area contributed by atoms with Crippen molar-refractivity contribution in [3.05, 3.63) is 12.2 Å². The first-order valence-electron chi connectivity index (χ1n) is 5.87. The van der Waals surface area contributed by atoms with E-state index >= 15 is 0 Å². The zero-order chi connectivity index (χ0) is 11.8. The molecule has 0 heterocycles. The average molecular weight is 211 g/mol. The molecule has 0 aliphatic heterocycles. The van der Waals surface area contributed by atoms with Gasteiger partial charge in [-0.1, -0.05) is 32.9 Å². The van der Waals surface area contributed by atoms with Crippen LogP contribution >= 0.6 is 0 Å². The van der Waals surface area contributed by atoms with E-state index in [1.165, 1.54) is 0 Å². The van der Waals surface area contributed by atoms with Crippen LogP contribution in [-0.2, 0) is 4.79 Å². The highest BCUT2D eigenvalue weighted by Gasteiger charge is 2.14. The monoisotopic (exact) mass is 211 g/mol. The van der Waals surface area contributed by atoms with Crippen molar-refractivity contribution in [3.63, 3.8) is 0 Å². The lowest BCUT2D eigenvalue weighted by Gasteiger charge is -2.16. The number of hydrogen-bond acceptors (Lipinski definition) is 2. The standard InChI is InChI=1S/C13H25NO/c1-5-11(4)7-13(15)8-12(9-14)6-10(2)3/h10,12H,4-9,14H2,1-3H3. The minimum Gasteiger partial charge on any atom is -0.330 e. The SMILES string of the molecule is C=C(CC)CC(=O)CC(CN)CC(C)C. The van der Waals surface area contributed by atoms with E-state index in [-0.39, 0.29) is 5.78 Å². The number of nitrogens with two attached hydrogens (primary N) is 1. The lowest BCUT2D eigenvalue weighted by molar-refractivity contribution is -0.119. The van der Waals surface area contributed by atoms with E-state index in [1.807, 2.05) is 6.92 Å². The molecule has 0 aliphatic rings. The number of carbonyl (C=O) groups excluding carboxylic acids is 1. The van der Waals surface area contributed by atoms with Gasteiger partial charge in [0.15, 0.2) is 0 Å². The fraction of sp³-hybridized carbons (Fsp3) is 0.769. The third kappa shape index (κ3) is 7.32. The van der Waals surface area contributed by atoms with Crippen molar-refractivity contribution in [1.29, 1.82) is 0 Å². The zero-order valence-corrected chi connectivity index (χ0v) is 10.4. The van der Waals surface area contributed by atoms with Crippen LogP contribution in [0.5, 0.6) is 0 Å². The fourth-order valence-electron chi connectivity index (χ4n) is 1.73. The summed E-state index contributed by atoms with van der Waals surface area (Å²) in [5.41, 5.74) is 6.69. The van der Waals surface area contributed by atoms with Crippen LogP contribution in [0.25, 0.3) is 0 Å². The Kier molecular flexibility index (Phi) is 7.31. The second-order valence-corrected chi connectivity index (χ2v) is 4.75. The normalized spacial score (nSPS) is 12.9. The largest absolute Gasteiger partial charge is 0.330 e. The number of rotatable bonds is 8. The van der Waals surface area contributed by atoms with Crippen molar-refractivity contribution in [2.45, 2.75) is 46.5 Å². The lowest BCUT2D eigenvalue weighted by atomic mass is 9.91. The van der Waals surface area contributed by atoms with Crippen molar-refractivity contribution >= 4 is 5.78 Å². The Morgan fingerprint density at radius 3 is 2.40 bits per heavy atom. The van der Waals surface area contributed by atoms with Gasteiger partial charge < -0.3 is 5.73 Å². The summed E-state index contributed by atoms with van der Waals surface area (Å²) in [6.07, 6.45) is 3.09. The molecule has 0 aromatic heterocycles. The van der Waals surface area contributed by atoms with Gasteiger partial charge in [-0.05, 0) is 31.2 Å². The first-order valence-corrected chi connectivity index (χ1v) is 5.87. The van der Waals surface area contributed by atoms with E-state index in [1.54, 1.807) is 0 Å². The van der Waals surface area contributed by atoms with Crippen LogP contribution in [0.3, 0.4) is 0 Å². The van der Waals surface area contributed by atoms with Crippen LogP contribution < -0.4 is 5.73 Å². The molecule has 88 valence electrons. The van der Waals surface area contributed by atoms with Gasteiger partial charge in [0.1, 0.15) is 5.78 Å². The molecule has 0 aliphatic carbocycles.